The van der Waals surface area contributed by atoms with Crippen LogP contribution in [-0.4, -0.2) is 54.9 Å². The third-order valence-electron chi connectivity index (χ3n) is 3.67. The molecule has 0 amide bonds. The highest BCUT2D eigenvalue weighted by atomic mass is 32.2. The Labute approximate surface area is 125 Å². The lowest BCUT2D eigenvalue weighted by molar-refractivity contribution is -0.139. The Hall–Kier alpha value is -0.310. The zero-order valence-corrected chi connectivity index (χ0v) is 13.7. The molecule has 0 bridgehead atoms. The minimum Gasteiger partial charge on any atom is -0.480 e. The molecule has 1 aliphatic rings. The summed E-state index contributed by atoms with van der Waals surface area (Å²) < 4.78 is 28.1. The van der Waals surface area contributed by atoms with Crippen molar-refractivity contribution in [1.29, 1.82) is 0 Å². The summed E-state index contributed by atoms with van der Waals surface area (Å²) in [5.41, 5.74) is 0. The van der Waals surface area contributed by atoms with Gasteiger partial charge in [0.15, 0.2) is 0 Å². The fourth-order valence-corrected chi connectivity index (χ4v) is 4.19. The van der Waals surface area contributed by atoms with Crippen LogP contribution < -0.4 is 4.72 Å². The maximum absolute atomic E-state index is 12.3. The van der Waals surface area contributed by atoms with E-state index in [9.17, 15) is 13.2 Å². The molecule has 1 fully saturated rings. The van der Waals surface area contributed by atoms with Crippen LogP contribution in [0.5, 0.6) is 0 Å². The Balaban J connectivity index is 2.67. The van der Waals surface area contributed by atoms with Gasteiger partial charge in [0.2, 0.25) is 0 Å². The molecule has 20 heavy (non-hydrogen) atoms. The van der Waals surface area contributed by atoms with E-state index < -0.39 is 22.2 Å². The van der Waals surface area contributed by atoms with Crippen LogP contribution in [0.1, 0.15) is 38.5 Å². The standard InChI is InChI=1S/C12H24N2O4S2/c1-14(10-6-4-3-5-7-10)20(17,18)13-11(12(15)16)8-9-19-2/h10-11,13H,3-9H2,1-2H3,(H,15,16)/t11-/m0/s1. The summed E-state index contributed by atoms with van der Waals surface area (Å²) in [6, 6.07) is -1.07. The van der Waals surface area contributed by atoms with Gasteiger partial charge >= 0.3 is 5.97 Å². The number of rotatable bonds is 8. The first-order chi connectivity index (χ1) is 9.38. The quantitative estimate of drug-likeness (QED) is 0.702. The van der Waals surface area contributed by atoms with Crippen molar-refractivity contribution in [1.82, 2.24) is 9.03 Å². The molecule has 8 heteroatoms. The van der Waals surface area contributed by atoms with Gasteiger partial charge in [0.25, 0.3) is 10.2 Å². The lowest BCUT2D eigenvalue weighted by atomic mass is 9.96. The second kappa shape index (κ2) is 8.21. The number of nitrogens with one attached hydrogen (secondary N) is 1. The van der Waals surface area contributed by atoms with E-state index in [1.807, 2.05) is 6.26 Å². The van der Waals surface area contributed by atoms with Gasteiger partial charge in [-0.25, -0.2) is 0 Å². The lowest BCUT2D eigenvalue weighted by Crippen LogP contribution is -2.50. The average molecular weight is 324 g/mol. The molecule has 1 rings (SSSR count). The zero-order valence-electron chi connectivity index (χ0n) is 12.0. The fraction of sp³-hybridized carbons (Fsp3) is 0.917. The smallest absolute Gasteiger partial charge is 0.321 e. The molecule has 1 atom stereocenters. The van der Waals surface area contributed by atoms with Gasteiger partial charge < -0.3 is 5.11 Å². The average Bonchev–Trinajstić information content (AvgIpc) is 2.43. The van der Waals surface area contributed by atoms with Crippen molar-refractivity contribution in [3.05, 3.63) is 0 Å². The molecule has 0 heterocycles. The van der Waals surface area contributed by atoms with Crippen molar-refractivity contribution in [2.75, 3.05) is 19.1 Å². The van der Waals surface area contributed by atoms with E-state index in [1.165, 1.54) is 23.1 Å². The molecule has 1 aliphatic carbocycles. The Morgan fingerprint density at radius 1 is 1.40 bits per heavy atom. The molecule has 0 spiro atoms. The summed E-state index contributed by atoms with van der Waals surface area (Å²) >= 11 is 1.50. The SMILES string of the molecule is CSCC[C@H](NS(=O)(=O)N(C)C1CCCCC1)C(=O)O. The van der Waals surface area contributed by atoms with E-state index in [1.54, 1.807) is 0 Å². The predicted molar refractivity (Wildman–Crippen MR) is 81.1 cm³/mol. The zero-order chi connectivity index (χ0) is 15.2. The molecule has 0 unspecified atom stereocenters. The molecule has 0 radical (unpaired) electrons. The molecule has 6 nitrogen and oxygen atoms in total. The fourth-order valence-electron chi connectivity index (χ4n) is 2.37. The molecular formula is C12H24N2O4S2. The second-order valence-electron chi connectivity index (χ2n) is 5.10. The van der Waals surface area contributed by atoms with Crippen molar-refractivity contribution in [2.24, 2.45) is 0 Å². The molecule has 118 valence electrons. The first-order valence-electron chi connectivity index (χ1n) is 6.85. The summed E-state index contributed by atoms with van der Waals surface area (Å²) in [4.78, 5) is 11.1. The largest absolute Gasteiger partial charge is 0.480 e. The number of hydrogen-bond donors (Lipinski definition) is 2. The van der Waals surface area contributed by atoms with E-state index in [4.69, 9.17) is 5.11 Å². The van der Waals surface area contributed by atoms with E-state index in [2.05, 4.69) is 4.72 Å². The number of hydrogen-bond acceptors (Lipinski definition) is 4. The highest BCUT2D eigenvalue weighted by Gasteiger charge is 2.31. The van der Waals surface area contributed by atoms with E-state index in [0.717, 1.165) is 32.1 Å². The van der Waals surface area contributed by atoms with Crippen LogP contribution in [0.3, 0.4) is 0 Å². The first kappa shape index (κ1) is 17.7. The topological polar surface area (TPSA) is 86.7 Å². The van der Waals surface area contributed by atoms with Crippen molar-refractivity contribution >= 4 is 27.9 Å². The van der Waals surface area contributed by atoms with Gasteiger partial charge in [-0.1, -0.05) is 19.3 Å². The van der Waals surface area contributed by atoms with Gasteiger partial charge in [-0.05, 0) is 31.3 Å². The Morgan fingerprint density at radius 3 is 2.50 bits per heavy atom. The molecule has 2 N–H and O–H groups in total. The van der Waals surface area contributed by atoms with Crippen LogP contribution in [-0.2, 0) is 15.0 Å². The maximum Gasteiger partial charge on any atom is 0.321 e. The molecule has 0 saturated heterocycles. The van der Waals surface area contributed by atoms with Gasteiger partial charge in [-0.15, -0.1) is 0 Å². The molecular weight excluding hydrogens is 300 g/mol. The molecule has 0 aromatic heterocycles. The van der Waals surface area contributed by atoms with E-state index in [0.29, 0.717) is 5.75 Å². The highest BCUT2D eigenvalue weighted by molar-refractivity contribution is 7.98. The van der Waals surface area contributed by atoms with Gasteiger partial charge in [-0.3, -0.25) is 4.79 Å². The van der Waals surface area contributed by atoms with Crippen LogP contribution in [0.4, 0.5) is 0 Å². The van der Waals surface area contributed by atoms with Crippen LogP contribution in [0, 0.1) is 0 Å². The Morgan fingerprint density at radius 2 is 2.00 bits per heavy atom. The maximum atomic E-state index is 12.3. The molecule has 0 aliphatic heterocycles. The number of thioether (sulfide) groups is 1. The second-order valence-corrected chi connectivity index (χ2v) is 7.85. The number of nitrogens with zero attached hydrogens (tertiary/aromatic N) is 1. The summed E-state index contributed by atoms with van der Waals surface area (Å²) in [5.74, 6) is -0.522. The van der Waals surface area contributed by atoms with Crippen LogP contribution in [0.25, 0.3) is 0 Å². The van der Waals surface area contributed by atoms with Crippen molar-refractivity contribution < 1.29 is 18.3 Å². The third-order valence-corrected chi connectivity index (χ3v) is 5.95. The van der Waals surface area contributed by atoms with E-state index in [-0.39, 0.29) is 12.5 Å². The Bertz CT molecular complexity index is 408. The first-order valence-corrected chi connectivity index (χ1v) is 9.69. The number of carbonyl (C=O) groups is 1. The highest BCUT2D eigenvalue weighted by Crippen LogP contribution is 2.23. The summed E-state index contributed by atoms with van der Waals surface area (Å²) in [5, 5.41) is 9.10. The summed E-state index contributed by atoms with van der Waals surface area (Å²) in [6.07, 6.45) is 7.04. The lowest BCUT2D eigenvalue weighted by Gasteiger charge is -2.31. The number of carboxylic acid groups (broad SMARTS) is 1. The summed E-state index contributed by atoms with van der Waals surface area (Å²) in [7, 11) is -2.21. The van der Waals surface area contributed by atoms with Gasteiger partial charge in [0, 0.05) is 13.1 Å². The van der Waals surface area contributed by atoms with E-state index >= 15 is 0 Å². The van der Waals surface area contributed by atoms with Gasteiger partial charge in [0.1, 0.15) is 6.04 Å². The van der Waals surface area contributed by atoms with Crippen molar-refractivity contribution in [3.8, 4) is 0 Å². The molecule has 1 saturated carbocycles. The molecule has 0 aromatic rings. The molecule has 0 aromatic carbocycles. The minimum atomic E-state index is -3.74. The van der Waals surface area contributed by atoms with Crippen LogP contribution >= 0.6 is 11.8 Å². The predicted octanol–water partition coefficient (Wildman–Crippen LogP) is 1.29. The number of carboxylic acids is 1. The van der Waals surface area contributed by atoms with Crippen LogP contribution in [0.15, 0.2) is 0 Å². The van der Waals surface area contributed by atoms with Gasteiger partial charge in [-0.2, -0.15) is 29.2 Å². The van der Waals surface area contributed by atoms with Crippen molar-refractivity contribution in [2.45, 2.75) is 50.6 Å². The third kappa shape index (κ3) is 5.23. The number of aliphatic carboxylic acids is 1. The van der Waals surface area contributed by atoms with Crippen molar-refractivity contribution in [3.63, 3.8) is 0 Å². The Kier molecular flexibility index (Phi) is 7.28. The summed E-state index contributed by atoms with van der Waals surface area (Å²) in [6.45, 7) is 0. The van der Waals surface area contributed by atoms with Crippen LogP contribution in [0.2, 0.25) is 0 Å². The monoisotopic (exact) mass is 324 g/mol. The van der Waals surface area contributed by atoms with Gasteiger partial charge in [0.05, 0.1) is 0 Å². The minimum absolute atomic E-state index is 0.0174. The normalized spacial score (nSPS) is 19.1.